The van der Waals surface area contributed by atoms with Gasteiger partial charge in [-0.2, -0.15) is 0 Å². The monoisotopic (exact) mass is 203 g/mol. The molecule has 0 saturated carbocycles. The minimum absolute atomic E-state index is 0.222. The van der Waals surface area contributed by atoms with Crippen LogP contribution in [0.5, 0.6) is 0 Å². The number of carbonyl (C=O) groups excluding carboxylic acids is 1. The van der Waals surface area contributed by atoms with Gasteiger partial charge in [-0.25, -0.2) is 0 Å². The first kappa shape index (κ1) is 10.2. The second-order valence-corrected chi connectivity index (χ2v) is 4.48. The zero-order valence-electron chi connectivity index (χ0n) is 9.53. The van der Waals surface area contributed by atoms with Crippen LogP contribution in [0, 0.1) is 5.92 Å². The summed E-state index contributed by atoms with van der Waals surface area (Å²) in [6.07, 6.45) is 0.645. The molecule has 2 rings (SSSR count). The Morgan fingerprint density at radius 1 is 1.27 bits per heavy atom. The number of rotatable bonds is 0. The van der Waals surface area contributed by atoms with Crippen LogP contribution >= 0.6 is 0 Å². The van der Waals surface area contributed by atoms with Crippen LogP contribution in [0.25, 0.3) is 0 Å². The van der Waals surface area contributed by atoms with Crippen molar-refractivity contribution in [2.45, 2.75) is 26.2 Å². The summed E-state index contributed by atoms with van der Waals surface area (Å²) in [4.78, 5) is 13.6. The Bertz CT molecular complexity index is 386. The van der Waals surface area contributed by atoms with Crippen molar-refractivity contribution in [3.05, 3.63) is 29.8 Å². The number of amides is 1. The van der Waals surface area contributed by atoms with Gasteiger partial charge in [-0.05, 0) is 23.5 Å². The molecule has 0 aromatic heterocycles. The molecule has 0 bridgehead atoms. The molecule has 1 amide bonds. The van der Waals surface area contributed by atoms with Gasteiger partial charge in [-0.15, -0.1) is 0 Å². The van der Waals surface area contributed by atoms with Gasteiger partial charge in [0.15, 0.2) is 0 Å². The van der Waals surface area contributed by atoms with Crippen molar-refractivity contribution in [3.63, 3.8) is 0 Å². The first-order valence-corrected chi connectivity index (χ1v) is 5.46. The van der Waals surface area contributed by atoms with Gasteiger partial charge in [0, 0.05) is 19.2 Å². The zero-order valence-corrected chi connectivity index (χ0v) is 9.53. The van der Waals surface area contributed by atoms with E-state index in [0.717, 1.165) is 5.69 Å². The highest BCUT2D eigenvalue weighted by Gasteiger charge is 2.27. The summed E-state index contributed by atoms with van der Waals surface area (Å²) in [7, 11) is 1.87. The molecule has 0 spiro atoms. The Balaban J connectivity index is 2.54. The van der Waals surface area contributed by atoms with Crippen molar-refractivity contribution in [2.75, 3.05) is 11.9 Å². The lowest BCUT2D eigenvalue weighted by Crippen LogP contribution is -2.25. The fraction of sp³-hybridized carbons (Fsp3) is 0.462. The lowest BCUT2D eigenvalue weighted by atomic mass is 9.87. The van der Waals surface area contributed by atoms with Crippen LogP contribution in [-0.4, -0.2) is 13.0 Å². The van der Waals surface area contributed by atoms with E-state index in [1.807, 2.05) is 25.2 Å². The average Bonchev–Trinajstić information content (AvgIpc) is 2.33. The van der Waals surface area contributed by atoms with Gasteiger partial charge in [0.05, 0.1) is 0 Å². The van der Waals surface area contributed by atoms with E-state index in [-0.39, 0.29) is 5.91 Å². The highest BCUT2D eigenvalue weighted by atomic mass is 16.2. The molecule has 0 radical (unpaired) electrons. The third-order valence-corrected chi connectivity index (χ3v) is 3.51. The van der Waals surface area contributed by atoms with Crippen LogP contribution in [-0.2, 0) is 4.79 Å². The summed E-state index contributed by atoms with van der Waals surface area (Å²) >= 11 is 0. The number of hydrogen-bond acceptors (Lipinski definition) is 1. The van der Waals surface area contributed by atoms with E-state index in [4.69, 9.17) is 0 Å². The molecule has 1 aliphatic heterocycles. The van der Waals surface area contributed by atoms with Crippen molar-refractivity contribution >= 4 is 11.6 Å². The van der Waals surface area contributed by atoms with Gasteiger partial charge in [-0.3, -0.25) is 4.79 Å². The molecule has 2 heteroatoms. The second-order valence-electron chi connectivity index (χ2n) is 4.48. The van der Waals surface area contributed by atoms with E-state index in [9.17, 15) is 4.79 Å². The first-order chi connectivity index (χ1) is 7.11. The molecule has 2 atom stereocenters. The van der Waals surface area contributed by atoms with Crippen LogP contribution in [0.15, 0.2) is 24.3 Å². The molecule has 80 valence electrons. The van der Waals surface area contributed by atoms with Gasteiger partial charge in [-0.1, -0.05) is 32.0 Å². The summed E-state index contributed by atoms with van der Waals surface area (Å²) in [5.74, 6) is 1.10. The number of benzene rings is 1. The molecule has 0 aliphatic carbocycles. The number of para-hydroxylation sites is 1. The zero-order chi connectivity index (χ0) is 11.0. The quantitative estimate of drug-likeness (QED) is 0.635. The molecule has 1 heterocycles. The van der Waals surface area contributed by atoms with Crippen LogP contribution in [0.3, 0.4) is 0 Å². The van der Waals surface area contributed by atoms with Crippen LogP contribution in [0.1, 0.15) is 31.7 Å². The van der Waals surface area contributed by atoms with Crippen molar-refractivity contribution in [3.8, 4) is 0 Å². The van der Waals surface area contributed by atoms with Gasteiger partial charge >= 0.3 is 0 Å². The summed E-state index contributed by atoms with van der Waals surface area (Å²) < 4.78 is 0. The third kappa shape index (κ3) is 1.65. The predicted molar refractivity (Wildman–Crippen MR) is 62.0 cm³/mol. The molecule has 2 nitrogen and oxygen atoms in total. The molecule has 0 saturated heterocycles. The normalized spacial score (nSPS) is 26.1. The largest absolute Gasteiger partial charge is 0.315 e. The minimum Gasteiger partial charge on any atom is -0.315 e. The average molecular weight is 203 g/mol. The minimum atomic E-state index is 0.222. The molecule has 1 aliphatic rings. The molecule has 0 N–H and O–H groups in total. The molecule has 1 aromatic rings. The molecule has 1 aromatic carbocycles. The van der Waals surface area contributed by atoms with Crippen molar-refractivity contribution in [2.24, 2.45) is 5.92 Å². The number of anilines is 1. The maximum Gasteiger partial charge on any atom is 0.227 e. The van der Waals surface area contributed by atoms with E-state index in [2.05, 4.69) is 19.9 Å². The third-order valence-electron chi connectivity index (χ3n) is 3.51. The molecular formula is C13H17NO. The Morgan fingerprint density at radius 2 is 1.93 bits per heavy atom. The summed E-state index contributed by atoms with van der Waals surface area (Å²) in [5, 5.41) is 0. The predicted octanol–water partition coefficient (Wildman–Crippen LogP) is 2.79. The Kier molecular flexibility index (Phi) is 2.51. The summed E-state index contributed by atoms with van der Waals surface area (Å²) in [6.45, 7) is 4.36. The highest BCUT2D eigenvalue weighted by molar-refractivity contribution is 5.94. The number of fused-ring (bicyclic) bond motifs is 1. The number of hydrogen-bond donors (Lipinski definition) is 0. The van der Waals surface area contributed by atoms with E-state index < -0.39 is 0 Å². The van der Waals surface area contributed by atoms with Gasteiger partial charge < -0.3 is 4.90 Å². The van der Waals surface area contributed by atoms with Crippen molar-refractivity contribution in [1.82, 2.24) is 0 Å². The standard InChI is InChI=1S/C13H17NO/c1-9-8-13(15)14(3)12-7-5-4-6-11(12)10(9)2/h4-7,9-10H,8H2,1-3H3/t9-,10?/m0/s1. The maximum absolute atomic E-state index is 11.9. The Labute approximate surface area is 90.9 Å². The number of nitrogens with zero attached hydrogens (tertiary/aromatic N) is 1. The fourth-order valence-electron chi connectivity index (χ4n) is 2.21. The molecule has 15 heavy (non-hydrogen) atoms. The molecule has 1 unspecified atom stereocenters. The lowest BCUT2D eigenvalue weighted by Gasteiger charge is -2.19. The number of carbonyl (C=O) groups is 1. The highest BCUT2D eigenvalue weighted by Crippen LogP contribution is 2.36. The lowest BCUT2D eigenvalue weighted by molar-refractivity contribution is -0.119. The Morgan fingerprint density at radius 3 is 2.67 bits per heavy atom. The van der Waals surface area contributed by atoms with E-state index in [0.29, 0.717) is 18.3 Å². The van der Waals surface area contributed by atoms with E-state index in [1.54, 1.807) is 4.90 Å². The topological polar surface area (TPSA) is 20.3 Å². The molecule has 0 fully saturated rings. The van der Waals surface area contributed by atoms with Crippen LogP contribution < -0.4 is 4.90 Å². The SMILES string of the molecule is CC1c2ccccc2N(C)C(=O)C[C@@H]1C. The van der Waals surface area contributed by atoms with E-state index >= 15 is 0 Å². The summed E-state index contributed by atoms with van der Waals surface area (Å²) in [5.41, 5.74) is 2.36. The van der Waals surface area contributed by atoms with Crippen LogP contribution in [0.2, 0.25) is 0 Å². The van der Waals surface area contributed by atoms with Crippen molar-refractivity contribution < 1.29 is 4.79 Å². The maximum atomic E-state index is 11.9. The van der Waals surface area contributed by atoms with Crippen LogP contribution in [0.4, 0.5) is 5.69 Å². The van der Waals surface area contributed by atoms with Crippen molar-refractivity contribution in [1.29, 1.82) is 0 Å². The molecular weight excluding hydrogens is 186 g/mol. The summed E-state index contributed by atoms with van der Waals surface area (Å²) in [6, 6.07) is 8.20. The van der Waals surface area contributed by atoms with Gasteiger partial charge in [0.1, 0.15) is 0 Å². The first-order valence-electron chi connectivity index (χ1n) is 5.46. The van der Waals surface area contributed by atoms with E-state index in [1.165, 1.54) is 5.56 Å². The fourth-order valence-corrected chi connectivity index (χ4v) is 2.21. The smallest absolute Gasteiger partial charge is 0.227 e. The van der Waals surface area contributed by atoms with Gasteiger partial charge in [0.25, 0.3) is 0 Å². The second kappa shape index (κ2) is 3.69. The Hall–Kier alpha value is -1.31. The van der Waals surface area contributed by atoms with Gasteiger partial charge in [0.2, 0.25) is 5.91 Å².